The van der Waals surface area contributed by atoms with E-state index in [4.69, 9.17) is 15.0 Å². The summed E-state index contributed by atoms with van der Waals surface area (Å²) in [6.07, 6.45) is 3.79. The van der Waals surface area contributed by atoms with Crippen molar-refractivity contribution in [3.05, 3.63) is 36.5 Å². The average Bonchev–Trinajstić information content (AvgIpc) is 2.95. The summed E-state index contributed by atoms with van der Waals surface area (Å²) in [5, 5.41) is 3.98. The molecule has 0 aliphatic carbocycles. The summed E-state index contributed by atoms with van der Waals surface area (Å²) in [6, 6.07) is 5.49. The first-order valence-corrected chi connectivity index (χ1v) is 6.54. The standard InChI is InChI=1S/C14H15N5O2/c1-20-8-10(15)7-13-18-14(19-21-13)9-2-3-11-12(6-9)17-5-4-16-11/h2-6,10H,7-8,15H2,1H3. The minimum Gasteiger partial charge on any atom is -0.383 e. The third-order valence-corrected chi connectivity index (χ3v) is 3.01. The number of aromatic nitrogens is 4. The molecular weight excluding hydrogens is 270 g/mol. The summed E-state index contributed by atoms with van der Waals surface area (Å²) in [4.78, 5) is 12.8. The van der Waals surface area contributed by atoms with Gasteiger partial charge in [-0.15, -0.1) is 0 Å². The molecule has 0 aliphatic heterocycles. The predicted octanol–water partition coefficient (Wildman–Crippen LogP) is 1.20. The number of nitrogens with zero attached hydrogens (tertiary/aromatic N) is 4. The smallest absolute Gasteiger partial charge is 0.228 e. The van der Waals surface area contributed by atoms with Gasteiger partial charge >= 0.3 is 0 Å². The molecule has 0 amide bonds. The lowest BCUT2D eigenvalue weighted by molar-refractivity contribution is 0.176. The highest BCUT2D eigenvalue weighted by Crippen LogP contribution is 2.20. The van der Waals surface area contributed by atoms with E-state index < -0.39 is 0 Å². The molecule has 2 heterocycles. The van der Waals surface area contributed by atoms with Gasteiger partial charge in [0.15, 0.2) is 0 Å². The maximum atomic E-state index is 5.87. The van der Waals surface area contributed by atoms with Gasteiger partial charge in [0.05, 0.1) is 17.6 Å². The van der Waals surface area contributed by atoms with Crippen LogP contribution in [0.2, 0.25) is 0 Å². The van der Waals surface area contributed by atoms with Crippen LogP contribution >= 0.6 is 0 Å². The first kappa shape index (κ1) is 13.6. The molecule has 3 rings (SSSR count). The van der Waals surface area contributed by atoms with Crippen LogP contribution in [0.5, 0.6) is 0 Å². The minimum absolute atomic E-state index is 0.161. The van der Waals surface area contributed by atoms with Crippen molar-refractivity contribution in [2.75, 3.05) is 13.7 Å². The van der Waals surface area contributed by atoms with Gasteiger partial charge in [0.1, 0.15) is 0 Å². The molecule has 1 unspecified atom stereocenters. The van der Waals surface area contributed by atoms with E-state index in [0.717, 1.165) is 16.6 Å². The second kappa shape index (κ2) is 5.94. The van der Waals surface area contributed by atoms with Crippen LogP contribution in [0.15, 0.2) is 35.1 Å². The zero-order valence-corrected chi connectivity index (χ0v) is 11.6. The van der Waals surface area contributed by atoms with Crippen LogP contribution < -0.4 is 5.73 Å². The lowest BCUT2D eigenvalue weighted by atomic mass is 10.2. The number of benzene rings is 1. The van der Waals surface area contributed by atoms with E-state index in [1.165, 1.54) is 0 Å². The third-order valence-electron chi connectivity index (χ3n) is 3.01. The molecule has 108 valence electrons. The molecule has 3 aromatic rings. The van der Waals surface area contributed by atoms with Crippen LogP contribution in [-0.4, -0.2) is 39.9 Å². The molecule has 7 heteroatoms. The van der Waals surface area contributed by atoms with E-state index >= 15 is 0 Å². The highest BCUT2D eigenvalue weighted by atomic mass is 16.5. The molecule has 0 saturated carbocycles. The van der Waals surface area contributed by atoms with Gasteiger partial charge in [-0.05, 0) is 18.2 Å². The SMILES string of the molecule is COCC(N)Cc1nc(-c2ccc3nccnc3c2)no1. The fourth-order valence-electron chi connectivity index (χ4n) is 2.05. The summed E-state index contributed by atoms with van der Waals surface area (Å²) >= 11 is 0. The number of methoxy groups -OCH3 is 1. The number of fused-ring (bicyclic) bond motifs is 1. The molecule has 0 saturated heterocycles. The Morgan fingerprint density at radius 2 is 2.05 bits per heavy atom. The van der Waals surface area contributed by atoms with Crippen molar-refractivity contribution in [2.24, 2.45) is 5.73 Å². The van der Waals surface area contributed by atoms with Crippen molar-refractivity contribution >= 4 is 11.0 Å². The first-order valence-electron chi connectivity index (χ1n) is 6.54. The lowest BCUT2D eigenvalue weighted by Crippen LogP contribution is -2.28. The Labute approximate surface area is 121 Å². The predicted molar refractivity (Wildman–Crippen MR) is 76.4 cm³/mol. The molecule has 1 aromatic carbocycles. The average molecular weight is 285 g/mol. The van der Waals surface area contributed by atoms with Crippen LogP contribution in [0.1, 0.15) is 5.89 Å². The first-order chi connectivity index (χ1) is 10.3. The van der Waals surface area contributed by atoms with E-state index in [-0.39, 0.29) is 6.04 Å². The zero-order valence-electron chi connectivity index (χ0n) is 11.6. The van der Waals surface area contributed by atoms with Gasteiger partial charge in [-0.3, -0.25) is 9.97 Å². The van der Waals surface area contributed by atoms with E-state index in [1.54, 1.807) is 19.5 Å². The van der Waals surface area contributed by atoms with Crippen LogP contribution in [0.4, 0.5) is 0 Å². The number of rotatable bonds is 5. The van der Waals surface area contributed by atoms with E-state index in [0.29, 0.717) is 24.7 Å². The van der Waals surface area contributed by atoms with Crippen molar-refractivity contribution in [1.29, 1.82) is 0 Å². The van der Waals surface area contributed by atoms with Gasteiger partial charge in [-0.2, -0.15) is 4.98 Å². The van der Waals surface area contributed by atoms with Crippen molar-refractivity contribution in [3.63, 3.8) is 0 Å². The molecule has 21 heavy (non-hydrogen) atoms. The van der Waals surface area contributed by atoms with Crippen LogP contribution in [-0.2, 0) is 11.2 Å². The van der Waals surface area contributed by atoms with Gasteiger partial charge in [0, 0.05) is 37.5 Å². The highest BCUT2D eigenvalue weighted by Gasteiger charge is 2.13. The highest BCUT2D eigenvalue weighted by molar-refractivity contribution is 5.79. The Bertz CT molecular complexity index is 743. The van der Waals surface area contributed by atoms with Crippen LogP contribution in [0.3, 0.4) is 0 Å². The molecule has 0 radical (unpaired) electrons. The monoisotopic (exact) mass is 285 g/mol. The molecule has 1 atom stereocenters. The van der Waals surface area contributed by atoms with E-state index in [9.17, 15) is 0 Å². The number of hydrogen-bond acceptors (Lipinski definition) is 7. The quantitative estimate of drug-likeness (QED) is 0.751. The summed E-state index contributed by atoms with van der Waals surface area (Å²) in [7, 11) is 1.61. The van der Waals surface area contributed by atoms with Gasteiger partial charge < -0.3 is 15.0 Å². The number of ether oxygens (including phenoxy) is 1. The van der Waals surface area contributed by atoms with E-state index in [1.807, 2.05) is 18.2 Å². The topological polar surface area (TPSA) is 100.0 Å². The van der Waals surface area contributed by atoms with Gasteiger partial charge in [0.2, 0.25) is 11.7 Å². The van der Waals surface area contributed by atoms with E-state index in [2.05, 4.69) is 20.1 Å². The molecular formula is C14H15N5O2. The number of nitrogens with two attached hydrogens (primary N) is 1. The van der Waals surface area contributed by atoms with Crippen molar-refractivity contribution in [2.45, 2.75) is 12.5 Å². The van der Waals surface area contributed by atoms with Crippen molar-refractivity contribution < 1.29 is 9.26 Å². The Morgan fingerprint density at radius 3 is 2.86 bits per heavy atom. The summed E-state index contributed by atoms with van der Waals surface area (Å²) in [5.74, 6) is 1.01. The zero-order chi connectivity index (χ0) is 14.7. The van der Waals surface area contributed by atoms with Gasteiger partial charge in [0.25, 0.3) is 0 Å². The Balaban J connectivity index is 1.84. The lowest BCUT2D eigenvalue weighted by Gasteiger charge is -2.05. The molecule has 0 fully saturated rings. The molecule has 0 bridgehead atoms. The maximum Gasteiger partial charge on any atom is 0.228 e. The Morgan fingerprint density at radius 1 is 1.24 bits per heavy atom. The van der Waals surface area contributed by atoms with Crippen LogP contribution in [0.25, 0.3) is 22.4 Å². The van der Waals surface area contributed by atoms with Gasteiger partial charge in [-0.25, -0.2) is 0 Å². The number of hydrogen-bond donors (Lipinski definition) is 1. The van der Waals surface area contributed by atoms with Crippen molar-refractivity contribution in [3.8, 4) is 11.4 Å². The van der Waals surface area contributed by atoms with Gasteiger partial charge in [-0.1, -0.05) is 5.16 Å². The summed E-state index contributed by atoms with van der Waals surface area (Å²) in [5.41, 5.74) is 8.31. The molecule has 0 aliphatic rings. The third kappa shape index (κ3) is 3.04. The Kier molecular flexibility index (Phi) is 3.85. The second-order valence-electron chi connectivity index (χ2n) is 4.69. The molecule has 2 aromatic heterocycles. The molecule has 7 nitrogen and oxygen atoms in total. The van der Waals surface area contributed by atoms with Crippen LogP contribution in [0, 0.1) is 0 Å². The Hall–Kier alpha value is -2.38. The summed E-state index contributed by atoms with van der Waals surface area (Å²) in [6.45, 7) is 0.448. The normalized spacial score (nSPS) is 12.7. The maximum absolute atomic E-state index is 5.87. The van der Waals surface area contributed by atoms with Crippen molar-refractivity contribution in [1.82, 2.24) is 20.1 Å². The molecule has 0 spiro atoms. The molecule has 2 N–H and O–H groups in total. The fraction of sp³-hybridized carbons (Fsp3) is 0.286. The summed E-state index contributed by atoms with van der Waals surface area (Å²) < 4.78 is 10.2. The fourth-order valence-corrected chi connectivity index (χ4v) is 2.05. The largest absolute Gasteiger partial charge is 0.383 e. The second-order valence-corrected chi connectivity index (χ2v) is 4.69. The minimum atomic E-state index is -0.161.